The van der Waals surface area contributed by atoms with Crippen LogP contribution in [-0.4, -0.2) is 55.6 Å². The molecule has 178 valence electrons. The number of ether oxygens (including phenoxy) is 1. The smallest absolute Gasteiger partial charge is 0.251 e. The van der Waals surface area contributed by atoms with Gasteiger partial charge in [0.1, 0.15) is 0 Å². The van der Waals surface area contributed by atoms with E-state index in [9.17, 15) is 9.59 Å². The normalized spacial score (nSPS) is 16.2. The van der Waals surface area contributed by atoms with Crippen molar-refractivity contribution in [2.24, 2.45) is 5.92 Å². The van der Waals surface area contributed by atoms with Crippen LogP contribution in [0.5, 0.6) is 0 Å². The van der Waals surface area contributed by atoms with Gasteiger partial charge in [-0.3, -0.25) is 14.5 Å². The van der Waals surface area contributed by atoms with Crippen LogP contribution >= 0.6 is 0 Å². The molecule has 1 fully saturated rings. The number of amides is 2. The van der Waals surface area contributed by atoms with E-state index in [2.05, 4.69) is 29.4 Å². The Bertz CT molecular complexity index is 849. The summed E-state index contributed by atoms with van der Waals surface area (Å²) in [6.45, 7) is 8.33. The van der Waals surface area contributed by atoms with Crippen molar-refractivity contribution in [3.05, 3.63) is 71.8 Å². The molecular weight excluding hydrogens is 414 g/mol. The number of benzene rings is 2. The first-order valence-electron chi connectivity index (χ1n) is 12.1. The summed E-state index contributed by atoms with van der Waals surface area (Å²) in [5, 5.41) is 6.22. The summed E-state index contributed by atoms with van der Waals surface area (Å²) < 4.78 is 5.53. The van der Waals surface area contributed by atoms with Crippen molar-refractivity contribution in [1.82, 2.24) is 15.5 Å². The van der Waals surface area contributed by atoms with Crippen molar-refractivity contribution < 1.29 is 14.3 Å². The first-order valence-corrected chi connectivity index (χ1v) is 12.1. The maximum atomic E-state index is 13.0. The van der Waals surface area contributed by atoms with E-state index < -0.39 is 6.04 Å². The Balaban J connectivity index is 1.66. The van der Waals surface area contributed by atoms with Crippen molar-refractivity contribution in [2.45, 2.75) is 45.2 Å². The molecule has 1 heterocycles. The van der Waals surface area contributed by atoms with Crippen LogP contribution in [0.2, 0.25) is 0 Å². The average molecular weight is 452 g/mol. The third-order valence-electron chi connectivity index (χ3n) is 6.55. The Kier molecular flexibility index (Phi) is 9.91. The molecule has 2 aromatic carbocycles. The Morgan fingerprint density at radius 3 is 2.15 bits per heavy atom. The van der Waals surface area contributed by atoms with E-state index in [1.165, 1.54) is 0 Å². The van der Waals surface area contributed by atoms with Gasteiger partial charge >= 0.3 is 0 Å². The van der Waals surface area contributed by atoms with Gasteiger partial charge in [-0.25, -0.2) is 0 Å². The number of morpholine rings is 1. The first-order chi connectivity index (χ1) is 16.1. The number of nitrogens with zero attached hydrogens (tertiary/aromatic N) is 1. The molecule has 33 heavy (non-hydrogen) atoms. The highest BCUT2D eigenvalue weighted by molar-refractivity contribution is 5.94. The van der Waals surface area contributed by atoms with Crippen molar-refractivity contribution in [1.29, 1.82) is 0 Å². The van der Waals surface area contributed by atoms with Crippen LogP contribution in [0, 0.1) is 5.92 Å². The molecular formula is C27H37N3O3. The van der Waals surface area contributed by atoms with Gasteiger partial charge in [-0.15, -0.1) is 0 Å². The van der Waals surface area contributed by atoms with Gasteiger partial charge in [-0.1, -0.05) is 75.2 Å². The largest absolute Gasteiger partial charge is 0.379 e. The maximum Gasteiger partial charge on any atom is 0.251 e. The summed E-state index contributed by atoms with van der Waals surface area (Å²) >= 11 is 0. The fourth-order valence-corrected chi connectivity index (χ4v) is 4.58. The molecule has 0 saturated carbocycles. The molecule has 0 aromatic heterocycles. The van der Waals surface area contributed by atoms with E-state index in [0.717, 1.165) is 44.7 Å². The van der Waals surface area contributed by atoms with Crippen LogP contribution in [0.15, 0.2) is 60.7 Å². The Morgan fingerprint density at radius 1 is 0.939 bits per heavy atom. The third kappa shape index (κ3) is 7.41. The summed E-state index contributed by atoms with van der Waals surface area (Å²) in [6, 6.07) is 18.7. The van der Waals surface area contributed by atoms with Gasteiger partial charge in [0, 0.05) is 31.2 Å². The number of rotatable bonds is 11. The molecule has 1 aliphatic heterocycles. The van der Waals surface area contributed by atoms with Gasteiger partial charge in [0.05, 0.1) is 25.7 Å². The summed E-state index contributed by atoms with van der Waals surface area (Å²) in [6.07, 6.45) is 2.35. The van der Waals surface area contributed by atoms with Gasteiger partial charge in [0.2, 0.25) is 5.91 Å². The van der Waals surface area contributed by atoms with E-state index in [1.807, 2.05) is 48.5 Å². The molecule has 2 unspecified atom stereocenters. The minimum Gasteiger partial charge on any atom is -0.379 e. The summed E-state index contributed by atoms with van der Waals surface area (Å²) in [5.74, 6) is 0.285. The lowest BCUT2D eigenvalue weighted by Crippen LogP contribution is -2.52. The Hall–Kier alpha value is -2.70. The van der Waals surface area contributed by atoms with Crippen molar-refractivity contribution in [2.75, 3.05) is 32.8 Å². The average Bonchev–Trinajstić information content (AvgIpc) is 2.87. The highest BCUT2D eigenvalue weighted by Gasteiger charge is 2.28. The lowest BCUT2D eigenvalue weighted by molar-refractivity contribution is -0.122. The van der Waals surface area contributed by atoms with Crippen LogP contribution in [0.3, 0.4) is 0 Å². The number of hydrogen-bond donors (Lipinski definition) is 2. The number of nitrogens with one attached hydrogen (secondary N) is 2. The summed E-state index contributed by atoms with van der Waals surface area (Å²) in [5.41, 5.74) is 1.50. The molecule has 2 amide bonds. The summed E-state index contributed by atoms with van der Waals surface area (Å²) in [4.78, 5) is 28.3. The second-order valence-electron chi connectivity index (χ2n) is 8.60. The predicted octanol–water partition coefficient (Wildman–Crippen LogP) is 3.80. The van der Waals surface area contributed by atoms with Gasteiger partial charge in [0.25, 0.3) is 5.91 Å². The third-order valence-corrected chi connectivity index (χ3v) is 6.55. The van der Waals surface area contributed by atoms with Gasteiger partial charge in [-0.2, -0.15) is 0 Å². The lowest BCUT2D eigenvalue weighted by atomic mass is 9.92. The number of carbonyl (C=O) groups is 2. The second kappa shape index (κ2) is 13.1. The maximum absolute atomic E-state index is 13.0. The zero-order valence-corrected chi connectivity index (χ0v) is 19.8. The van der Waals surface area contributed by atoms with Crippen LogP contribution in [0.1, 0.15) is 55.1 Å². The minimum atomic E-state index is -0.395. The molecule has 0 radical (unpaired) electrons. The molecule has 2 aromatic rings. The van der Waals surface area contributed by atoms with Crippen LogP contribution < -0.4 is 10.6 Å². The number of hydrogen-bond acceptors (Lipinski definition) is 4. The highest BCUT2D eigenvalue weighted by atomic mass is 16.5. The summed E-state index contributed by atoms with van der Waals surface area (Å²) in [7, 11) is 0. The monoisotopic (exact) mass is 451 g/mol. The van der Waals surface area contributed by atoms with E-state index in [-0.39, 0.29) is 18.2 Å². The van der Waals surface area contributed by atoms with E-state index in [0.29, 0.717) is 24.1 Å². The molecule has 0 spiro atoms. The van der Waals surface area contributed by atoms with E-state index >= 15 is 0 Å². The quantitative estimate of drug-likeness (QED) is 0.545. The Morgan fingerprint density at radius 2 is 1.55 bits per heavy atom. The standard InChI is InChI=1S/C27H37N3O3/c1-3-21(4-2)25(30-15-17-33-18-16-30)20-28-26(31)19-24(22-11-7-5-8-12-22)29-27(32)23-13-9-6-10-14-23/h5-14,21,24-25H,3-4,15-20H2,1-2H3,(H,28,31)(H,29,32). The second-order valence-corrected chi connectivity index (χ2v) is 8.60. The fourth-order valence-electron chi connectivity index (χ4n) is 4.58. The first kappa shape index (κ1) is 24.9. The fraction of sp³-hybridized carbons (Fsp3) is 0.481. The Labute approximate surface area is 197 Å². The molecule has 0 bridgehead atoms. The molecule has 0 aliphatic carbocycles. The van der Waals surface area contributed by atoms with E-state index in [4.69, 9.17) is 4.74 Å². The van der Waals surface area contributed by atoms with E-state index in [1.54, 1.807) is 12.1 Å². The highest BCUT2D eigenvalue weighted by Crippen LogP contribution is 2.21. The predicted molar refractivity (Wildman–Crippen MR) is 131 cm³/mol. The van der Waals surface area contributed by atoms with Crippen LogP contribution in [0.4, 0.5) is 0 Å². The van der Waals surface area contributed by atoms with Crippen molar-refractivity contribution in [3.8, 4) is 0 Å². The molecule has 2 N–H and O–H groups in total. The molecule has 6 heteroatoms. The zero-order valence-electron chi connectivity index (χ0n) is 19.8. The van der Waals surface area contributed by atoms with Gasteiger partial charge < -0.3 is 15.4 Å². The molecule has 2 atom stereocenters. The van der Waals surface area contributed by atoms with Crippen LogP contribution in [0.25, 0.3) is 0 Å². The van der Waals surface area contributed by atoms with Gasteiger partial charge in [-0.05, 0) is 23.6 Å². The zero-order chi connectivity index (χ0) is 23.5. The minimum absolute atomic E-state index is 0.0542. The van der Waals surface area contributed by atoms with Gasteiger partial charge in [0.15, 0.2) is 0 Å². The number of carbonyl (C=O) groups excluding carboxylic acids is 2. The van der Waals surface area contributed by atoms with Crippen LogP contribution in [-0.2, 0) is 9.53 Å². The molecule has 6 nitrogen and oxygen atoms in total. The SMILES string of the molecule is CCC(CC)C(CNC(=O)CC(NC(=O)c1ccccc1)c1ccccc1)N1CCOCC1. The van der Waals surface area contributed by atoms with Crippen molar-refractivity contribution in [3.63, 3.8) is 0 Å². The molecule has 1 aliphatic rings. The lowest BCUT2D eigenvalue weighted by Gasteiger charge is -2.38. The molecule has 1 saturated heterocycles. The topological polar surface area (TPSA) is 70.7 Å². The van der Waals surface area contributed by atoms with Crippen molar-refractivity contribution >= 4 is 11.8 Å². The molecule has 3 rings (SSSR count).